The van der Waals surface area contributed by atoms with E-state index in [0.717, 1.165) is 0 Å². The maximum atomic E-state index is 10.9. The monoisotopic (exact) mass is 239 g/mol. The van der Waals surface area contributed by atoms with E-state index in [1.807, 2.05) is 0 Å². The lowest BCUT2D eigenvalue weighted by atomic mass is 10.1. The molecule has 0 heterocycles. The van der Waals surface area contributed by atoms with Crippen molar-refractivity contribution in [2.24, 2.45) is 0 Å². The summed E-state index contributed by atoms with van der Waals surface area (Å²) in [4.78, 5) is 20.9. The van der Waals surface area contributed by atoms with Gasteiger partial charge in [-0.15, -0.1) is 0 Å². The third-order valence-electron chi connectivity index (χ3n) is 2.19. The second-order valence-electron chi connectivity index (χ2n) is 3.41. The summed E-state index contributed by atoms with van der Waals surface area (Å²) >= 11 is 0. The van der Waals surface area contributed by atoms with Crippen molar-refractivity contribution in [3.8, 4) is 0 Å². The molecular weight excluding hydrogens is 226 g/mol. The number of nitro benzene ring substituents is 1. The van der Waals surface area contributed by atoms with Gasteiger partial charge in [-0.25, -0.2) is 4.79 Å². The van der Waals surface area contributed by atoms with Gasteiger partial charge in [-0.1, -0.05) is 12.1 Å². The van der Waals surface area contributed by atoms with Gasteiger partial charge in [-0.2, -0.15) is 0 Å². The standard InChI is InChI=1S/C11H13NO5/c1-2-17-10(11(13)14)7-8-4-3-5-9(6-8)12(15)16/h3-6,10H,2,7H2,1H3,(H,13,14). The lowest BCUT2D eigenvalue weighted by molar-refractivity contribution is -0.384. The number of carboxylic acid groups (broad SMARTS) is 1. The summed E-state index contributed by atoms with van der Waals surface area (Å²) in [7, 11) is 0. The molecule has 6 nitrogen and oxygen atoms in total. The number of carboxylic acids is 1. The zero-order valence-electron chi connectivity index (χ0n) is 9.33. The van der Waals surface area contributed by atoms with E-state index in [-0.39, 0.29) is 18.7 Å². The van der Waals surface area contributed by atoms with Gasteiger partial charge in [0.1, 0.15) is 0 Å². The molecule has 1 aromatic rings. The predicted molar refractivity (Wildman–Crippen MR) is 59.9 cm³/mol. The molecule has 0 aliphatic rings. The zero-order chi connectivity index (χ0) is 12.8. The van der Waals surface area contributed by atoms with Gasteiger partial charge in [0, 0.05) is 25.2 Å². The van der Waals surface area contributed by atoms with Crippen molar-refractivity contribution in [3.05, 3.63) is 39.9 Å². The van der Waals surface area contributed by atoms with E-state index in [1.165, 1.54) is 18.2 Å². The van der Waals surface area contributed by atoms with Crippen LogP contribution in [0.4, 0.5) is 5.69 Å². The number of aliphatic carboxylic acids is 1. The van der Waals surface area contributed by atoms with Crippen molar-refractivity contribution in [1.29, 1.82) is 0 Å². The Balaban J connectivity index is 2.82. The van der Waals surface area contributed by atoms with Crippen LogP contribution in [0.1, 0.15) is 12.5 Å². The van der Waals surface area contributed by atoms with Crippen molar-refractivity contribution in [2.45, 2.75) is 19.4 Å². The van der Waals surface area contributed by atoms with Crippen LogP contribution < -0.4 is 0 Å². The molecule has 1 unspecified atom stereocenters. The Hall–Kier alpha value is -1.95. The van der Waals surface area contributed by atoms with Crippen LogP contribution >= 0.6 is 0 Å². The maximum Gasteiger partial charge on any atom is 0.333 e. The highest BCUT2D eigenvalue weighted by molar-refractivity contribution is 5.72. The molecule has 0 fully saturated rings. The van der Waals surface area contributed by atoms with Gasteiger partial charge in [0.15, 0.2) is 6.10 Å². The molecular formula is C11H13NO5. The Morgan fingerprint density at radius 1 is 1.59 bits per heavy atom. The fourth-order valence-electron chi connectivity index (χ4n) is 1.43. The molecule has 0 aromatic heterocycles. The number of ether oxygens (including phenoxy) is 1. The Kier molecular flexibility index (Phi) is 4.59. The first-order chi connectivity index (χ1) is 8.04. The van der Waals surface area contributed by atoms with Crippen LogP contribution in [0.3, 0.4) is 0 Å². The molecule has 1 aromatic carbocycles. The van der Waals surface area contributed by atoms with Crippen LogP contribution in [0.25, 0.3) is 0 Å². The van der Waals surface area contributed by atoms with Crippen LogP contribution in [0, 0.1) is 10.1 Å². The Labute approximate surface area is 98.0 Å². The van der Waals surface area contributed by atoms with Crippen molar-refractivity contribution in [2.75, 3.05) is 6.61 Å². The van der Waals surface area contributed by atoms with Gasteiger partial charge >= 0.3 is 5.97 Å². The van der Waals surface area contributed by atoms with Crippen molar-refractivity contribution in [3.63, 3.8) is 0 Å². The van der Waals surface area contributed by atoms with E-state index in [9.17, 15) is 14.9 Å². The molecule has 0 radical (unpaired) electrons. The first-order valence-electron chi connectivity index (χ1n) is 5.12. The lowest BCUT2D eigenvalue weighted by Crippen LogP contribution is -2.26. The van der Waals surface area contributed by atoms with E-state index in [2.05, 4.69) is 0 Å². The van der Waals surface area contributed by atoms with E-state index in [1.54, 1.807) is 13.0 Å². The summed E-state index contributed by atoms with van der Waals surface area (Å²) < 4.78 is 5.04. The molecule has 6 heteroatoms. The van der Waals surface area contributed by atoms with Crippen molar-refractivity contribution >= 4 is 11.7 Å². The topological polar surface area (TPSA) is 89.7 Å². The Morgan fingerprint density at radius 3 is 2.82 bits per heavy atom. The highest BCUT2D eigenvalue weighted by atomic mass is 16.6. The summed E-state index contributed by atoms with van der Waals surface area (Å²) in [5.74, 6) is -1.07. The molecule has 0 saturated carbocycles. The van der Waals surface area contributed by atoms with Crippen LogP contribution in [-0.2, 0) is 16.0 Å². The summed E-state index contributed by atoms with van der Waals surface area (Å²) in [5.41, 5.74) is 0.517. The number of carbonyl (C=O) groups is 1. The lowest BCUT2D eigenvalue weighted by Gasteiger charge is -2.11. The summed E-state index contributed by atoms with van der Waals surface area (Å²) in [5, 5.41) is 19.4. The van der Waals surface area contributed by atoms with Crippen LogP contribution in [0.15, 0.2) is 24.3 Å². The van der Waals surface area contributed by atoms with E-state index in [0.29, 0.717) is 5.56 Å². The number of benzene rings is 1. The number of nitrogens with zero attached hydrogens (tertiary/aromatic N) is 1. The van der Waals surface area contributed by atoms with Crippen LogP contribution in [0.2, 0.25) is 0 Å². The Bertz CT molecular complexity index is 418. The smallest absolute Gasteiger partial charge is 0.333 e. The average molecular weight is 239 g/mol. The van der Waals surface area contributed by atoms with E-state index in [4.69, 9.17) is 9.84 Å². The molecule has 17 heavy (non-hydrogen) atoms. The minimum atomic E-state index is -1.07. The van der Waals surface area contributed by atoms with Gasteiger partial charge in [0.25, 0.3) is 5.69 Å². The van der Waals surface area contributed by atoms with Gasteiger partial charge in [0.05, 0.1) is 4.92 Å². The number of rotatable bonds is 6. The summed E-state index contributed by atoms with van der Waals surface area (Å²) in [6, 6.07) is 5.88. The minimum Gasteiger partial charge on any atom is -0.479 e. The molecule has 1 atom stereocenters. The largest absolute Gasteiger partial charge is 0.479 e. The normalized spacial score (nSPS) is 12.1. The third kappa shape index (κ3) is 3.84. The molecule has 0 saturated heterocycles. The molecule has 1 rings (SSSR count). The molecule has 92 valence electrons. The second kappa shape index (κ2) is 5.95. The van der Waals surface area contributed by atoms with Crippen molar-refractivity contribution in [1.82, 2.24) is 0 Å². The summed E-state index contributed by atoms with van der Waals surface area (Å²) in [6.07, 6.45) is -0.854. The molecule has 1 N–H and O–H groups in total. The van der Waals surface area contributed by atoms with Gasteiger partial charge in [-0.3, -0.25) is 10.1 Å². The fraction of sp³-hybridized carbons (Fsp3) is 0.364. The molecule has 0 amide bonds. The van der Waals surface area contributed by atoms with Gasteiger partial charge in [0.2, 0.25) is 0 Å². The van der Waals surface area contributed by atoms with Crippen LogP contribution in [-0.4, -0.2) is 28.7 Å². The second-order valence-corrected chi connectivity index (χ2v) is 3.41. The van der Waals surface area contributed by atoms with Gasteiger partial charge < -0.3 is 9.84 Å². The number of hydrogen-bond acceptors (Lipinski definition) is 4. The molecule has 0 aliphatic carbocycles. The van der Waals surface area contributed by atoms with E-state index < -0.39 is 17.0 Å². The maximum absolute atomic E-state index is 10.9. The highest BCUT2D eigenvalue weighted by Gasteiger charge is 2.18. The molecule has 0 aliphatic heterocycles. The zero-order valence-corrected chi connectivity index (χ0v) is 9.33. The predicted octanol–water partition coefficient (Wildman–Crippen LogP) is 1.63. The number of non-ortho nitro benzene ring substituents is 1. The molecule has 0 bridgehead atoms. The van der Waals surface area contributed by atoms with E-state index >= 15 is 0 Å². The average Bonchev–Trinajstić information content (AvgIpc) is 2.28. The van der Waals surface area contributed by atoms with Crippen molar-refractivity contribution < 1.29 is 19.6 Å². The quantitative estimate of drug-likeness (QED) is 0.601. The Morgan fingerprint density at radius 2 is 2.29 bits per heavy atom. The van der Waals surface area contributed by atoms with Gasteiger partial charge in [-0.05, 0) is 12.5 Å². The SMILES string of the molecule is CCOC(Cc1cccc([N+](=O)[O-])c1)C(=O)O. The highest BCUT2D eigenvalue weighted by Crippen LogP contribution is 2.15. The van der Waals surface area contributed by atoms with Crippen LogP contribution in [0.5, 0.6) is 0 Å². The minimum absolute atomic E-state index is 0.0527. The number of nitro groups is 1. The number of hydrogen-bond donors (Lipinski definition) is 1. The first-order valence-corrected chi connectivity index (χ1v) is 5.12. The summed E-state index contributed by atoms with van der Waals surface area (Å²) in [6.45, 7) is 1.98. The fourth-order valence-corrected chi connectivity index (χ4v) is 1.43. The first kappa shape index (κ1) is 13.1. The third-order valence-corrected chi connectivity index (χ3v) is 2.19. The molecule has 0 spiro atoms.